The van der Waals surface area contributed by atoms with Crippen LogP contribution in [0.1, 0.15) is 0 Å². The predicted octanol–water partition coefficient (Wildman–Crippen LogP) is 13.7. The van der Waals surface area contributed by atoms with Gasteiger partial charge in [-0.15, -0.1) is 0 Å². The van der Waals surface area contributed by atoms with Gasteiger partial charge in [0.1, 0.15) is 11.2 Å². The Kier molecular flexibility index (Phi) is 7.77. The summed E-state index contributed by atoms with van der Waals surface area (Å²) in [7, 11) is 0. The van der Waals surface area contributed by atoms with E-state index in [1.54, 1.807) is 0 Å². The number of para-hydroxylation sites is 2. The van der Waals surface area contributed by atoms with Gasteiger partial charge in [0.05, 0.1) is 11.4 Å². The van der Waals surface area contributed by atoms with Crippen LogP contribution in [0.25, 0.3) is 77.7 Å². The van der Waals surface area contributed by atoms with Crippen LogP contribution in [-0.2, 0) is 0 Å². The summed E-state index contributed by atoms with van der Waals surface area (Å²) in [6, 6.07) is 69.6. The summed E-state index contributed by atoms with van der Waals surface area (Å²) in [6.07, 6.45) is 0. The van der Waals surface area contributed by atoms with Gasteiger partial charge in [0.25, 0.3) is 0 Å². The van der Waals surface area contributed by atoms with Crippen LogP contribution in [-0.4, -0.2) is 9.97 Å². The highest BCUT2D eigenvalue weighted by molar-refractivity contribution is 6.16. The van der Waals surface area contributed by atoms with Gasteiger partial charge in [0.15, 0.2) is 5.82 Å². The minimum atomic E-state index is 0.639. The van der Waals surface area contributed by atoms with Crippen LogP contribution in [0.2, 0.25) is 0 Å². The summed E-state index contributed by atoms with van der Waals surface area (Å²) < 4.78 is 6.73. The van der Waals surface area contributed by atoms with Gasteiger partial charge in [0, 0.05) is 44.5 Å². The molecule has 0 atom stereocenters. The van der Waals surface area contributed by atoms with E-state index in [4.69, 9.17) is 14.4 Å². The van der Waals surface area contributed by atoms with Crippen LogP contribution in [0.15, 0.2) is 205 Å². The van der Waals surface area contributed by atoms with E-state index in [-0.39, 0.29) is 0 Å². The molecule has 54 heavy (non-hydrogen) atoms. The SMILES string of the molecule is c1ccc(-c2cc(-c3ccccc3)nc(-c3cc(-c4ccc(N(c5ccccc5)c5ccccc5)cc4)c4c(c3)oc3cc5ccccc5cc34)n2)cc1. The van der Waals surface area contributed by atoms with Crippen molar-refractivity contribution in [3.8, 4) is 45.0 Å². The zero-order valence-electron chi connectivity index (χ0n) is 29.3. The Morgan fingerprint density at radius 3 is 1.44 bits per heavy atom. The van der Waals surface area contributed by atoms with Gasteiger partial charge in [0.2, 0.25) is 0 Å². The van der Waals surface area contributed by atoms with Crippen LogP contribution in [0.3, 0.4) is 0 Å². The van der Waals surface area contributed by atoms with Crippen molar-refractivity contribution < 1.29 is 4.42 Å². The number of furan rings is 1. The highest BCUT2D eigenvalue weighted by Gasteiger charge is 2.20. The molecule has 0 fully saturated rings. The zero-order valence-corrected chi connectivity index (χ0v) is 29.3. The Hall–Kier alpha value is -7.30. The third-order valence-electron chi connectivity index (χ3n) is 10.0. The highest BCUT2D eigenvalue weighted by atomic mass is 16.3. The largest absolute Gasteiger partial charge is 0.456 e. The van der Waals surface area contributed by atoms with Crippen molar-refractivity contribution in [2.45, 2.75) is 0 Å². The molecule has 4 heteroatoms. The molecule has 2 aromatic heterocycles. The van der Waals surface area contributed by atoms with Crippen LogP contribution in [0, 0.1) is 0 Å². The van der Waals surface area contributed by atoms with Gasteiger partial charge in [-0.25, -0.2) is 9.97 Å². The number of nitrogens with zero attached hydrogens (tertiary/aromatic N) is 3. The first-order valence-electron chi connectivity index (χ1n) is 18.2. The summed E-state index contributed by atoms with van der Waals surface area (Å²) in [5.74, 6) is 0.639. The van der Waals surface area contributed by atoms with Gasteiger partial charge in [-0.2, -0.15) is 0 Å². The highest BCUT2D eigenvalue weighted by Crippen LogP contribution is 2.43. The Balaban J connectivity index is 1.19. The molecule has 0 aliphatic heterocycles. The molecule has 0 spiro atoms. The number of benzene rings is 8. The quantitative estimate of drug-likeness (QED) is 0.167. The number of fused-ring (bicyclic) bond motifs is 4. The van der Waals surface area contributed by atoms with Crippen molar-refractivity contribution in [3.63, 3.8) is 0 Å². The molecule has 0 unspecified atom stereocenters. The molecule has 0 amide bonds. The molecule has 0 saturated heterocycles. The third-order valence-corrected chi connectivity index (χ3v) is 10.0. The minimum Gasteiger partial charge on any atom is -0.456 e. The Morgan fingerprint density at radius 1 is 0.370 bits per heavy atom. The fraction of sp³-hybridized carbons (Fsp3) is 0. The van der Waals surface area contributed by atoms with Crippen molar-refractivity contribution in [3.05, 3.63) is 200 Å². The average molecular weight is 692 g/mol. The van der Waals surface area contributed by atoms with Crippen molar-refractivity contribution in [2.24, 2.45) is 0 Å². The van der Waals surface area contributed by atoms with Crippen molar-refractivity contribution in [2.75, 3.05) is 4.90 Å². The lowest BCUT2D eigenvalue weighted by Gasteiger charge is -2.25. The summed E-state index contributed by atoms with van der Waals surface area (Å²) >= 11 is 0. The van der Waals surface area contributed by atoms with Crippen molar-refractivity contribution in [1.82, 2.24) is 9.97 Å². The number of hydrogen-bond acceptors (Lipinski definition) is 4. The molecule has 254 valence electrons. The lowest BCUT2D eigenvalue weighted by atomic mass is 9.95. The molecule has 0 aliphatic carbocycles. The van der Waals surface area contributed by atoms with E-state index in [1.807, 2.05) is 36.4 Å². The summed E-state index contributed by atoms with van der Waals surface area (Å²) in [6.45, 7) is 0. The fourth-order valence-corrected chi connectivity index (χ4v) is 7.43. The normalized spacial score (nSPS) is 11.3. The molecule has 2 heterocycles. The molecule has 4 nitrogen and oxygen atoms in total. The van der Waals surface area contributed by atoms with E-state index in [0.29, 0.717) is 5.82 Å². The first kappa shape index (κ1) is 31.4. The molecule has 10 rings (SSSR count). The van der Waals surface area contributed by atoms with E-state index >= 15 is 0 Å². The smallest absolute Gasteiger partial charge is 0.160 e. The molecule has 0 bridgehead atoms. The lowest BCUT2D eigenvalue weighted by Crippen LogP contribution is -2.09. The van der Waals surface area contributed by atoms with Crippen molar-refractivity contribution >= 4 is 49.8 Å². The van der Waals surface area contributed by atoms with E-state index in [1.165, 1.54) is 5.39 Å². The number of hydrogen-bond donors (Lipinski definition) is 0. The summed E-state index contributed by atoms with van der Waals surface area (Å²) in [5, 5.41) is 4.46. The van der Waals surface area contributed by atoms with Gasteiger partial charge < -0.3 is 9.32 Å². The lowest BCUT2D eigenvalue weighted by molar-refractivity contribution is 0.669. The zero-order chi connectivity index (χ0) is 35.8. The molecular weight excluding hydrogens is 659 g/mol. The predicted molar refractivity (Wildman–Crippen MR) is 223 cm³/mol. The van der Waals surface area contributed by atoms with Crippen LogP contribution < -0.4 is 4.90 Å². The molecular formula is C50H33N3O. The molecule has 0 aliphatic rings. The summed E-state index contributed by atoms with van der Waals surface area (Å²) in [5.41, 5.74) is 11.7. The second-order valence-corrected chi connectivity index (χ2v) is 13.4. The number of anilines is 3. The molecule has 10 aromatic rings. The maximum Gasteiger partial charge on any atom is 0.160 e. The third kappa shape index (κ3) is 5.76. The fourth-order valence-electron chi connectivity index (χ4n) is 7.43. The van der Waals surface area contributed by atoms with E-state index in [2.05, 4.69) is 169 Å². The standard InChI is InChI=1S/C50H33N3O/c1-5-15-35(16-6-1)45-33-46(36-17-7-2-8-18-36)52-50(51-45)39-30-43(49-44-29-37-19-13-14-20-38(37)31-47(44)54-48(49)32-39)34-25-27-42(28-26-34)53(40-21-9-3-10-22-40)41-23-11-4-12-24-41/h1-33H. The maximum absolute atomic E-state index is 6.73. The Labute approximate surface area is 313 Å². The molecule has 0 radical (unpaired) electrons. The van der Waals surface area contributed by atoms with E-state index < -0.39 is 0 Å². The van der Waals surface area contributed by atoms with Gasteiger partial charge in [-0.1, -0.05) is 133 Å². The van der Waals surface area contributed by atoms with E-state index in [0.717, 1.165) is 83.6 Å². The minimum absolute atomic E-state index is 0.639. The molecule has 0 N–H and O–H groups in total. The topological polar surface area (TPSA) is 42.2 Å². The van der Waals surface area contributed by atoms with Crippen molar-refractivity contribution in [1.29, 1.82) is 0 Å². The second kappa shape index (κ2) is 13.4. The first-order chi connectivity index (χ1) is 26.7. The Morgan fingerprint density at radius 2 is 0.870 bits per heavy atom. The Bertz CT molecular complexity index is 2810. The second-order valence-electron chi connectivity index (χ2n) is 13.4. The maximum atomic E-state index is 6.73. The monoisotopic (exact) mass is 691 g/mol. The number of rotatable bonds is 7. The molecule has 0 saturated carbocycles. The van der Waals surface area contributed by atoms with Crippen LogP contribution in [0.5, 0.6) is 0 Å². The first-order valence-corrected chi connectivity index (χ1v) is 18.2. The number of aromatic nitrogens is 2. The van der Waals surface area contributed by atoms with Crippen LogP contribution in [0.4, 0.5) is 17.1 Å². The van der Waals surface area contributed by atoms with Gasteiger partial charge in [-0.3, -0.25) is 0 Å². The average Bonchev–Trinajstić information content (AvgIpc) is 3.61. The van der Waals surface area contributed by atoms with Gasteiger partial charge in [-0.05, 0) is 88.6 Å². The summed E-state index contributed by atoms with van der Waals surface area (Å²) in [4.78, 5) is 12.7. The molecule has 8 aromatic carbocycles. The van der Waals surface area contributed by atoms with E-state index in [9.17, 15) is 0 Å². The van der Waals surface area contributed by atoms with Gasteiger partial charge >= 0.3 is 0 Å². The van der Waals surface area contributed by atoms with Crippen LogP contribution >= 0.6 is 0 Å².